The third-order valence-electron chi connectivity index (χ3n) is 3.33. The van der Waals surface area contributed by atoms with E-state index in [0.29, 0.717) is 11.4 Å². The molecule has 0 aliphatic rings. The van der Waals surface area contributed by atoms with E-state index < -0.39 is 0 Å². The number of aryl methyl sites for hydroxylation is 2. The lowest BCUT2D eigenvalue weighted by Gasteiger charge is -2.06. The zero-order chi connectivity index (χ0) is 13.6. The number of fused-ring (bicyclic) bond motifs is 1. The van der Waals surface area contributed by atoms with Crippen molar-refractivity contribution in [1.82, 2.24) is 9.55 Å². The number of hydrogen-bond donors (Lipinski definition) is 2. The fraction of sp³-hybridized carbons (Fsp3) is 0.133. The third-order valence-corrected chi connectivity index (χ3v) is 3.33. The van der Waals surface area contributed by atoms with Crippen LogP contribution in [0.2, 0.25) is 0 Å². The maximum atomic E-state index is 5.85. The van der Waals surface area contributed by atoms with Crippen LogP contribution in [0.15, 0.2) is 36.4 Å². The van der Waals surface area contributed by atoms with Crippen molar-refractivity contribution in [3.8, 4) is 11.4 Å². The Kier molecular flexibility index (Phi) is 2.45. The highest BCUT2D eigenvalue weighted by molar-refractivity contribution is 5.84. The van der Waals surface area contributed by atoms with E-state index in [-0.39, 0.29) is 0 Å². The van der Waals surface area contributed by atoms with Crippen molar-refractivity contribution >= 4 is 22.4 Å². The number of rotatable bonds is 1. The largest absolute Gasteiger partial charge is 0.399 e. The number of hydrogen-bond acceptors (Lipinski definition) is 3. The fourth-order valence-corrected chi connectivity index (χ4v) is 2.53. The molecule has 0 saturated carbocycles. The van der Waals surface area contributed by atoms with Gasteiger partial charge in [-0.15, -0.1) is 0 Å². The summed E-state index contributed by atoms with van der Waals surface area (Å²) < 4.78 is 2.08. The van der Waals surface area contributed by atoms with Crippen molar-refractivity contribution < 1.29 is 0 Å². The summed E-state index contributed by atoms with van der Waals surface area (Å²) in [5.74, 6) is 0.878. The SMILES string of the molecule is Cc1cccc2nc(-c3cc(N)cc(N)c3)n(C)c12. The second-order valence-electron chi connectivity index (χ2n) is 4.83. The van der Waals surface area contributed by atoms with Gasteiger partial charge in [-0.1, -0.05) is 12.1 Å². The van der Waals surface area contributed by atoms with Gasteiger partial charge in [0.05, 0.1) is 11.0 Å². The molecule has 0 unspecified atom stereocenters. The van der Waals surface area contributed by atoms with Crippen LogP contribution in [0.4, 0.5) is 11.4 Å². The van der Waals surface area contributed by atoms with E-state index in [1.54, 1.807) is 6.07 Å². The number of imidazole rings is 1. The van der Waals surface area contributed by atoms with E-state index in [4.69, 9.17) is 11.5 Å². The lowest BCUT2D eigenvalue weighted by atomic mass is 10.1. The van der Waals surface area contributed by atoms with Crippen LogP contribution in [0.5, 0.6) is 0 Å². The van der Waals surface area contributed by atoms with Gasteiger partial charge in [0.1, 0.15) is 5.82 Å². The van der Waals surface area contributed by atoms with Gasteiger partial charge in [-0.25, -0.2) is 4.98 Å². The van der Waals surface area contributed by atoms with Crippen LogP contribution in [-0.4, -0.2) is 9.55 Å². The van der Waals surface area contributed by atoms with E-state index in [0.717, 1.165) is 22.4 Å². The summed E-state index contributed by atoms with van der Waals surface area (Å²) in [7, 11) is 2.01. The standard InChI is InChI=1S/C15H16N4/c1-9-4-3-5-13-14(9)19(2)15(18-13)10-6-11(16)8-12(17)7-10/h3-8H,16-17H2,1-2H3. The van der Waals surface area contributed by atoms with E-state index in [1.165, 1.54) is 5.56 Å². The molecule has 0 saturated heterocycles. The Balaban J connectivity index is 2.31. The molecule has 0 aliphatic heterocycles. The van der Waals surface area contributed by atoms with E-state index in [1.807, 2.05) is 31.3 Å². The average molecular weight is 252 g/mol. The van der Waals surface area contributed by atoms with Gasteiger partial charge in [0.15, 0.2) is 0 Å². The Labute approximate surface area is 111 Å². The first kappa shape index (κ1) is 11.6. The van der Waals surface area contributed by atoms with Gasteiger partial charge in [0, 0.05) is 24.0 Å². The molecule has 0 fully saturated rings. The molecular weight excluding hydrogens is 236 g/mol. The Morgan fingerprint density at radius 2 is 1.74 bits per heavy atom. The number of benzene rings is 2. The van der Waals surface area contributed by atoms with Crippen molar-refractivity contribution in [2.75, 3.05) is 11.5 Å². The van der Waals surface area contributed by atoms with Crippen LogP contribution in [0.25, 0.3) is 22.4 Å². The number of para-hydroxylation sites is 1. The minimum absolute atomic E-state index is 0.652. The van der Waals surface area contributed by atoms with Gasteiger partial charge in [0.25, 0.3) is 0 Å². The minimum atomic E-state index is 0.652. The van der Waals surface area contributed by atoms with Crippen LogP contribution in [-0.2, 0) is 7.05 Å². The number of nitrogens with zero attached hydrogens (tertiary/aromatic N) is 2. The highest BCUT2D eigenvalue weighted by Crippen LogP contribution is 2.28. The summed E-state index contributed by atoms with van der Waals surface area (Å²) in [4.78, 5) is 4.68. The number of anilines is 2. The second kappa shape index (κ2) is 4.02. The Bertz CT molecular complexity index is 751. The summed E-state index contributed by atoms with van der Waals surface area (Å²) in [6, 6.07) is 11.7. The van der Waals surface area contributed by atoms with Crippen molar-refractivity contribution in [3.05, 3.63) is 42.0 Å². The van der Waals surface area contributed by atoms with Gasteiger partial charge >= 0.3 is 0 Å². The molecule has 0 atom stereocenters. The summed E-state index contributed by atoms with van der Waals surface area (Å²) in [6.45, 7) is 2.08. The second-order valence-corrected chi connectivity index (χ2v) is 4.83. The summed E-state index contributed by atoms with van der Waals surface area (Å²) in [5, 5.41) is 0. The first-order chi connectivity index (χ1) is 9.06. The van der Waals surface area contributed by atoms with Crippen LogP contribution in [0.1, 0.15) is 5.56 Å². The van der Waals surface area contributed by atoms with Gasteiger partial charge in [-0.05, 0) is 36.8 Å². The molecule has 4 N–H and O–H groups in total. The molecule has 1 aromatic heterocycles. The van der Waals surface area contributed by atoms with E-state index >= 15 is 0 Å². The molecule has 96 valence electrons. The van der Waals surface area contributed by atoms with Crippen molar-refractivity contribution in [2.24, 2.45) is 7.05 Å². The van der Waals surface area contributed by atoms with E-state index in [9.17, 15) is 0 Å². The van der Waals surface area contributed by atoms with Gasteiger partial charge in [-0.3, -0.25) is 0 Å². The Morgan fingerprint density at radius 1 is 1.05 bits per heavy atom. The number of nitrogens with two attached hydrogens (primary N) is 2. The van der Waals surface area contributed by atoms with Gasteiger partial charge < -0.3 is 16.0 Å². The predicted octanol–water partition coefficient (Wildman–Crippen LogP) is 2.71. The number of aromatic nitrogens is 2. The predicted molar refractivity (Wildman–Crippen MR) is 79.7 cm³/mol. The highest BCUT2D eigenvalue weighted by Gasteiger charge is 2.12. The molecular formula is C15H16N4. The van der Waals surface area contributed by atoms with Gasteiger partial charge in [-0.2, -0.15) is 0 Å². The fourth-order valence-electron chi connectivity index (χ4n) is 2.53. The topological polar surface area (TPSA) is 69.9 Å². The van der Waals surface area contributed by atoms with Crippen molar-refractivity contribution in [3.63, 3.8) is 0 Å². The van der Waals surface area contributed by atoms with Crippen LogP contribution in [0, 0.1) is 6.92 Å². The molecule has 0 radical (unpaired) electrons. The van der Waals surface area contributed by atoms with Crippen molar-refractivity contribution in [1.29, 1.82) is 0 Å². The normalized spacial score (nSPS) is 11.1. The smallest absolute Gasteiger partial charge is 0.141 e. The summed E-state index contributed by atoms with van der Waals surface area (Å²) in [5.41, 5.74) is 17.3. The molecule has 0 spiro atoms. The maximum Gasteiger partial charge on any atom is 0.141 e. The van der Waals surface area contributed by atoms with Crippen molar-refractivity contribution in [2.45, 2.75) is 6.92 Å². The molecule has 19 heavy (non-hydrogen) atoms. The Hall–Kier alpha value is -2.49. The summed E-state index contributed by atoms with van der Waals surface area (Å²) >= 11 is 0. The molecule has 0 bridgehead atoms. The molecule has 0 amide bonds. The highest BCUT2D eigenvalue weighted by atomic mass is 15.1. The molecule has 0 aliphatic carbocycles. The first-order valence-corrected chi connectivity index (χ1v) is 6.15. The quantitative estimate of drug-likeness (QED) is 0.654. The molecule has 2 aromatic carbocycles. The maximum absolute atomic E-state index is 5.85. The molecule has 4 heteroatoms. The zero-order valence-corrected chi connectivity index (χ0v) is 11.0. The summed E-state index contributed by atoms with van der Waals surface area (Å²) in [6.07, 6.45) is 0. The number of nitrogen functional groups attached to an aromatic ring is 2. The van der Waals surface area contributed by atoms with Crippen LogP contribution < -0.4 is 11.5 Å². The molecule has 3 rings (SSSR count). The third kappa shape index (κ3) is 1.81. The zero-order valence-electron chi connectivity index (χ0n) is 11.0. The Morgan fingerprint density at radius 3 is 2.37 bits per heavy atom. The monoisotopic (exact) mass is 252 g/mol. The molecule has 1 heterocycles. The molecule has 3 aromatic rings. The lowest BCUT2D eigenvalue weighted by Crippen LogP contribution is -1.96. The van der Waals surface area contributed by atoms with Crippen LogP contribution in [0.3, 0.4) is 0 Å². The van der Waals surface area contributed by atoms with E-state index in [2.05, 4.69) is 22.5 Å². The van der Waals surface area contributed by atoms with Crippen LogP contribution >= 0.6 is 0 Å². The minimum Gasteiger partial charge on any atom is -0.399 e. The average Bonchev–Trinajstić information content (AvgIpc) is 2.67. The van der Waals surface area contributed by atoms with Gasteiger partial charge in [0.2, 0.25) is 0 Å². The molecule has 4 nitrogen and oxygen atoms in total. The first-order valence-electron chi connectivity index (χ1n) is 6.15. The lowest BCUT2D eigenvalue weighted by molar-refractivity contribution is 0.955.